The van der Waals surface area contributed by atoms with E-state index in [1.165, 1.54) is 9.47 Å². The number of H-pyrrole nitrogens is 1. The fourth-order valence-electron chi connectivity index (χ4n) is 3.60. The molecule has 188 valence electrons. The van der Waals surface area contributed by atoms with Gasteiger partial charge in [0, 0.05) is 51.8 Å². The van der Waals surface area contributed by atoms with Gasteiger partial charge in [0.2, 0.25) is 0 Å². The summed E-state index contributed by atoms with van der Waals surface area (Å²) in [7, 11) is 3.43. The van der Waals surface area contributed by atoms with Crippen molar-refractivity contribution in [3.8, 4) is 5.75 Å². The number of nitrogens with two attached hydrogens (primary N) is 1. The summed E-state index contributed by atoms with van der Waals surface area (Å²) in [5.41, 5.74) is 5.23. The van der Waals surface area contributed by atoms with Crippen molar-refractivity contribution in [2.24, 2.45) is 13.0 Å². The average molecular weight is 485 g/mol. The molecule has 0 unspecified atom stereocenters. The van der Waals surface area contributed by atoms with Gasteiger partial charge in [0.1, 0.15) is 24.0 Å². The lowest BCUT2D eigenvalue weighted by atomic mass is 10.1. The molecule has 2 heterocycles. The Kier molecular flexibility index (Phi) is 8.48. The van der Waals surface area contributed by atoms with Gasteiger partial charge in [-0.25, -0.2) is 9.78 Å². The molecule has 3 rings (SSSR count). The second kappa shape index (κ2) is 11.5. The minimum Gasteiger partial charge on any atom is -0.486 e. The van der Waals surface area contributed by atoms with Crippen molar-refractivity contribution >= 4 is 17.4 Å². The first-order valence-electron chi connectivity index (χ1n) is 11.3. The monoisotopic (exact) mass is 484 g/mol. The molecule has 3 N–H and O–H groups in total. The third-order valence-corrected chi connectivity index (χ3v) is 5.40. The number of aromatic amines is 1. The quantitative estimate of drug-likeness (QED) is 0.396. The maximum absolute atomic E-state index is 13.5. The SMILES string of the molecule is COCCCN(C(=O)c1ccc(OCc2nccn2C)cc1)c1c(N)n(CC(C)C)c(=O)[nH]c1=O. The van der Waals surface area contributed by atoms with Crippen LogP contribution in [0.25, 0.3) is 0 Å². The Hall–Kier alpha value is -3.86. The van der Waals surface area contributed by atoms with Gasteiger partial charge < -0.3 is 24.7 Å². The number of aryl methyl sites for hydroxylation is 1. The Morgan fingerprint density at radius 3 is 2.54 bits per heavy atom. The number of carbonyl (C=O) groups excluding carboxylic acids is 1. The van der Waals surface area contributed by atoms with Crippen LogP contribution in [0.5, 0.6) is 5.75 Å². The molecular weight excluding hydrogens is 452 g/mol. The molecule has 11 nitrogen and oxygen atoms in total. The van der Waals surface area contributed by atoms with Crippen LogP contribution in [-0.2, 0) is 24.9 Å². The van der Waals surface area contributed by atoms with Crippen molar-refractivity contribution in [1.82, 2.24) is 19.1 Å². The molecule has 0 aliphatic carbocycles. The Morgan fingerprint density at radius 2 is 1.94 bits per heavy atom. The van der Waals surface area contributed by atoms with Crippen LogP contribution >= 0.6 is 0 Å². The molecule has 1 aromatic carbocycles. The Labute approximate surface area is 203 Å². The molecule has 0 aliphatic rings. The van der Waals surface area contributed by atoms with Crippen LogP contribution in [-0.4, -0.2) is 45.3 Å². The standard InChI is InChI=1S/C24H32N6O5/c1-16(2)14-30-21(25)20(22(31)27-24(30)33)29(11-5-13-34-4)23(32)17-6-8-18(9-7-17)35-15-19-26-10-12-28(19)3/h6-10,12,16H,5,11,13-15,25H2,1-4H3,(H,27,31,33). The summed E-state index contributed by atoms with van der Waals surface area (Å²) in [6.45, 7) is 5.00. The number of rotatable bonds is 11. The van der Waals surface area contributed by atoms with Crippen LogP contribution < -0.4 is 26.6 Å². The van der Waals surface area contributed by atoms with Gasteiger partial charge in [-0.05, 0) is 36.6 Å². The lowest BCUT2D eigenvalue weighted by Gasteiger charge is -2.25. The fraction of sp³-hybridized carbons (Fsp3) is 0.417. The molecular formula is C24H32N6O5. The van der Waals surface area contributed by atoms with Crippen molar-refractivity contribution in [3.63, 3.8) is 0 Å². The van der Waals surface area contributed by atoms with Gasteiger partial charge in [0.05, 0.1) is 0 Å². The third-order valence-electron chi connectivity index (χ3n) is 5.40. The number of imidazole rings is 1. The van der Waals surface area contributed by atoms with E-state index in [0.29, 0.717) is 30.9 Å². The van der Waals surface area contributed by atoms with Crippen LogP contribution in [0.3, 0.4) is 0 Å². The predicted molar refractivity (Wildman–Crippen MR) is 133 cm³/mol. The molecule has 0 saturated carbocycles. The molecule has 35 heavy (non-hydrogen) atoms. The van der Waals surface area contributed by atoms with Gasteiger partial charge >= 0.3 is 5.69 Å². The van der Waals surface area contributed by atoms with Crippen molar-refractivity contribution in [2.75, 3.05) is 30.9 Å². The van der Waals surface area contributed by atoms with Crippen molar-refractivity contribution in [1.29, 1.82) is 0 Å². The van der Waals surface area contributed by atoms with Gasteiger partial charge in [-0.1, -0.05) is 13.8 Å². The number of anilines is 2. The molecule has 0 spiro atoms. The van der Waals surface area contributed by atoms with Crippen molar-refractivity contribution in [2.45, 2.75) is 33.4 Å². The van der Waals surface area contributed by atoms with E-state index in [-0.39, 0.29) is 30.6 Å². The first-order valence-corrected chi connectivity index (χ1v) is 11.3. The molecule has 1 amide bonds. The minimum atomic E-state index is -0.715. The van der Waals surface area contributed by atoms with E-state index in [1.54, 1.807) is 37.6 Å². The number of hydrogen-bond donors (Lipinski definition) is 2. The maximum Gasteiger partial charge on any atom is 0.330 e. The number of nitrogens with one attached hydrogen (secondary N) is 1. The zero-order chi connectivity index (χ0) is 25.5. The summed E-state index contributed by atoms with van der Waals surface area (Å²) >= 11 is 0. The second-order valence-corrected chi connectivity index (χ2v) is 8.57. The van der Waals surface area contributed by atoms with E-state index in [0.717, 1.165) is 5.82 Å². The van der Waals surface area contributed by atoms with Gasteiger partial charge in [0.15, 0.2) is 5.69 Å². The van der Waals surface area contributed by atoms with E-state index in [4.69, 9.17) is 15.2 Å². The van der Waals surface area contributed by atoms with Crippen LogP contribution in [0.2, 0.25) is 0 Å². The van der Waals surface area contributed by atoms with Crippen molar-refractivity contribution < 1.29 is 14.3 Å². The van der Waals surface area contributed by atoms with E-state index < -0.39 is 17.2 Å². The molecule has 2 aromatic heterocycles. The molecule has 0 saturated heterocycles. The highest BCUT2D eigenvalue weighted by atomic mass is 16.5. The molecule has 0 atom stereocenters. The number of nitrogen functional groups attached to an aromatic ring is 1. The molecule has 0 radical (unpaired) electrons. The number of methoxy groups -OCH3 is 1. The lowest BCUT2D eigenvalue weighted by Crippen LogP contribution is -2.42. The second-order valence-electron chi connectivity index (χ2n) is 8.57. The van der Waals surface area contributed by atoms with E-state index in [1.807, 2.05) is 31.7 Å². The van der Waals surface area contributed by atoms with E-state index >= 15 is 0 Å². The summed E-state index contributed by atoms with van der Waals surface area (Å²) in [6.07, 6.45) is 3.99. The number of hydrogen-bond acceptors (Lipinski definition) is 7. The highest BCUT2D eigenvalue weighted by Gasteiger charge is 2.25. The number of carbonyl (C=O) groups is 1. The summed E-state index contributed by atoms with van der Waals surface area (Å²) < 4.78 is 14.0. The molecule has 0 bridgehead atoms. The zero-order valence-electron chi connectivity index (χ0n) is 20.5. The number of benzene rings is 1. The van der Waals surface area contributed by atoms with Gasteiger partial charge in [-0.2, -0.15) is 0 Å². The van der Waals surface area contributed by atoms with Gasteiger partial charge in [-0.15, -0.1) is 0 Å². The van der Waals surface area contributed by atoms with Crippen molar-refractivity contribution in [3.05, 3.63) is 68.9 Å². The maximum atomic E-state index is 13.5. The molecule has 11 heteroatoms. The van der Waals surface area contributed by atoms with Crippen LogP contribution in [0.15, 0.2) is 46.2 Å². The number of ether oxygens (including phenoxy) is 2. The van der Waals surface area contributed by atoms with Gasteiger partial charge in [-0.3, -0.25) is 19.1 Å². The van der Waals surface area contributed by atoms with E-state index in [2.05, 4.69) is 9.97 Å². The topological polar surface area (TPSA) is 137 Å². The summed E-state index contributed by atoms with van der Waals surface area (Å²) in [6, 6.07) is 6.59. The highest BCUT2D eigenvalue weighted by molar-refractivity contribution is 6.07. The summed E-state index contributed by atoms with van der Waals surface area (Å²) in [4.78, 5) is 46.5. The first kappa shape index (κ1) is 25.8. The van der Waals surface area contributed by atoms with Crippen LogP contribution in [0.4, 0.5) is 11.5 Å². The summed E-state index contributed by atoms with van der Waals surface area (Å²) in [5, 5.41) is 0. The molecule has 0 aliphatic heterocycles. The third kappa shape index (κ3) is 6.18. The molecule has 3 aromatic rings. The molecule has 0 fully saturated rings. The van der Waals surface area contributed by atoms with E-state index in [9.17, 15) is 14.4 Å². The highest BCUT2D eigenvalue weighted by Crippen LogP contribution is 2.22. The predicted octanol–water partition coefficient (Wildman–Crippen LogP) is 1.77. The minimum absolute atomic E-state index is 0.0479. The van der Waals surface area contributed by atoms with Crippen LogP contribution in [0, 0.1) is 5.92 Å². The average Bonchev–Trinajstić information content (AvgIpc) is 3.23. The number of aromatic nitrogens is 4. The largest absolute Gasteiger partial charge is 0.486 e. The zero-order valence-corrected chi connectivity index (χ0v) is 20.5. The summed E-state index contributed by atoms with van der Waals surface area (Å²) in [5.74, 6) is 0.959. The van der Waals surface area contributed by atoms with Crippen LogP contribution in [0.1, 0.15) is 36.5 Å². The number of amides is 1. The van der Waals surface area contributed by atoms with Gasteiger partial charge in [0.25, 0.3) is 11.5 Å². The Morgan fingerprint density at radius 1 is 1.23 bits per heavy atom. The Bertz CT molecular complexity index is 1260. The normalized spacial score (nSPS) is 11.1. The fourth-order valence-corrected chi connectivity index (χ4v) is 3.60. The smallest absolute Gasteiger partial charge is 0.330 e. The number of nitrogens with zero attached hydrogens (tertiary/aromatic N) is 4. The lowest BCUT2D eigenvalue weighted by molar-refractivity contribution is 0.0983. The first-order chi connectivity index (χ1) is 16.7. The Balaban J connectivity index is 1.90.